The molecule has 44 heavy (non-hydrogen) atoms. The number of anilines is 1. The Balaban J connectivity index is 1.62. The van der Waals surface area contributed by atoms with Crippen molar-refractivity contribution in [3.63, 3.8) is 0 Å². The molecule has 3 aliphatic carbocycles. The Labute approximate surface area is 258 Å². The molecule has 238 valence electrons. The van der Waals surface area contributed by atoms with Crippen molar-refractivity contribution in [2.24, 2.45) is 40.2 Å². The van der Waals surface area contributed by atoms with Crippen LogP contribution < -0.4 is 11.1 Å². The van der Waals surface area contributed by atoms with Gasteiger partial charge < -0.3 is 31.5 Å². The summed E-state index contributed by atoms with van der Waals surface area (Å²) < 4.78 is 0. The van der Waals surface area contributed by atoms with E-state index >= 15 is 0 Å². The van der Waals surface area contributed by atoms with Crippen LogP contribution in [0.25, 0.3) is 0 Å². The van der Waals surface area contributed by atoms with Gasteiger partial charge in [-0.15, -0.1) is 0 Å². The number of phenolic OH excluding ortho intramolecular Hbond substituents is 1. The van der Waals surface area contributed by atoms with E-state index in [1.54, 1.807) is 6.92 Å². The van der Waals surface area contributed by atoms with Crippen LogP contribution in [0, 0.1) is 34.5 Å². The number of carbonyl (C=O) groups excluding carboxylic acids is 3. The molecule has 9 nitrogen and oxygen atoms in total. The molecule has 0 bridgehead atoms. The van der Waals surface area contributed by atoms with Crippen LogP contribution in [0.5, 0.6) is 5.75 Å². The Kier molecular flexibility index (Phi) is 8.01. The quantitative estimate of drug-likeness (QED) is 0.206. The second-order valence-electron chi connectivity index (χ2n) is 14.5. The average Bonchev–Trinajstić information content (AvgIpc) is 2.92. The zero-order valence-corrected chi connectivity index (χ0v) is 26.4. The number of Topliss-reactive ketones (excluding diaryl/α,β-unsaturated/α-hetero) is 2. The lowest BCUT2D eigenvalue weighted by Gasteiger charge is -2.66. The molecule has 2 saturated carbocycles. The molecule has 0 aromatic heterocycles. The number of aliphatic hydroxyl groups excluding tert-OH is 2. The first-order valence-corrected chi connectivity index (χ1v) is 15.6. The van der Waals surface area contributed by atoms with Crippen molar-refractivity contribution >= 4 is 23.2 Å². The van der Waals surface area contributed by atoms with Crippen molar-refractivity contribution in [1.82, 2.24) is 0 Å². The summed E-state index contributed by atoms with van der Waals surface area (Å²) in [5.74, 6) is -6.98. The number of nitrogens with one attached hydrogen (secondary N) is 1. The lowest BCUT2D eigenvalue weighted by atomic mass is 9.39. The van der Waals surface area contributed by atoms with Gasteiger partial charge in [0.15, 0.2) is 17.2 Å². The highest BCUT2D eigenvalue weighted by Crippen LogP contribution is 2.66. The van der Waals surface area contributed by atoms with Gasteiger partial charge in [0.25, 0.3) is 0 Å². The van der Waals surface area contributed by atoms with Crippen molar-refractivity contribution in [2.45, 2.75) is 84.5 Å². The van der Waals surface area contributed by atoms with E-state index in [4.69, 9.17) is 5.73 Å². The highest BCUT2D eigenvalue weighted by Gasteiger charge is 2.76. The Bertz CT molecular complexity index is 1490. The fraction of sp³-hybridized carbons (Fsp3) is 0.571. The van der Waals surface area contributed by atoms with Crippen LogP contribution in [0.2, 0.25) is 0 Å². The number of phenols is 1. The van der Waals surface area contributed by atoms with Crippen molar-refractivity contribution < 1.29 is 34.8 Å². The molecule has 7 N–H and O–H groups in total. The third-order valence-corrected chi connectivity index (χ3v) is 11.0. The summed E-state index contributed by atoms with van der Waals surface area (Å²) in [4.78, 5) is 40.9. The van der Waals surface area contributed by atoms with Gasteiger partial charge in [0, 0.05) is 12.0 Å². The average molecular weight is 607 g/mol. The first-order valence-electron chi connectivity index (χ1n) is 15.6. The predicted octanol–water partition coefficient (Wildman–Crippen LogP) is 3.35. The van der Waals surface area contributed by atoms with Gasteiger partial charge in [-0.1, -0.05) is 71.9 Å². The summed E-state index contributed by atoms with van der Waals surface area (Å²) in [6.07, 6.45) is -2.23. The van der Waals surface area contributed by atoms with Crippen molar-refractivity contribution in [3.05, 3.63) is 58.7 Å². The summed E-state index contributed by atoms with van der Waals surface area (Å²) in [5.41, 5.74) is 3.91. The first kappa shape index (κ1) is 32.1. The van der Waals surface area contributed by atoms with Crippen LogP contribution in [-0.2, 0) is 22.4 Å². The van der Waals surface area contributed by atoms with E-state index < -0.39 is 63.9 Å². The third kappa shape index (κ3) is 4.50. The summed E-state index contributed by atoms with van der Waals surface area (Å²) in [5, 5.41) is 50.5. The number of primary amides is 1. The van der Waals surface area contributed by atoms with E-state index in [2.05, 4.69) is 5.32 Å². The van der Waals surface area contributed by atoms with Gasteiger partial charge in [-0.3, -0.25) is 14.4 Å². The van der Waals surface area contributed by atoms with Crippen LogP contribution in [0.15, 0.2) is 36.4 Å². The SMILES string of the molecule is CC(C)c1cc(NCCc2ccccc2)c(O)c2c1C[C@]1(C)C[C@]3(C)[C@@H](C(C)C)C(O)[C@@H](C(N)=O)C(=O)[C@]3(O)C(O)[C@H]1C2=O. The van der Waals surface area contributed by atoms with Crippen molar-refractivity contribution in [2.75, 3.05) is 11.9 Å². The van der Waals surface area contributed by atoms with Crippen molar-refractivity contribution in [1.29, 1.82) is 0 Å². The predicted molar refractivity (Wildman–Crippen MR) is 166 cm³/mol. The number of aliphatic hydroxyl groups is 3. The molecule has 5 rings (SSSR count). The smallest absolute Gasteiger partial charge is 0.230 e. The number of rotatable bonds is 7. The Morgan fingerprint density at radius 2 is 1.73 bits per heavy atom. The number of hydrogen-bond donors (Lipinski definition) is 6. The summed E-state index contributed by atoms with van der Waals surface area (Å²) >= 11 is 0. The fourth-order valence-electron chi connectivity index (χ4n) is 9.26. The van der Waals surface area contributed by atoms with Gasteiger partial charge in [0.05, 0.1) is 23.3 Å². The van der Waals surface area contributed by atoms with Gasteiger partial charge in [-0.2, -0.15) is 0 Å². The first-order chi connectivity index (χ1) is 20.5. The molecule has 0 spiro atoms. The minimum atomic E-state index is -2.53. The van der Waals surface area contributed by atoms with E-state index in [9.17, 15) is 34.8 Å². The summed E-state index contributed by atoms with van der Waals surface area (Å²) in [6, 6.07) is 11.8. The molecular formula is C35H46N2O7. The van der Waals surface area contributed by atoms with Crippen LogP contribution in [0.1, 0.15) is 80.9 Å². The Hall–Kier alpha value is -3.27. The molecule has 2 fully saturated rings. The molecule has 0 heterocycles. The van der Waals surface area contributed by atoms with E-state index in [1.807, 2.05) is 71.0 Å². The lowest BCUT2D eigenvalue weighted by molar-refractivity contribution is -0.265. The minimum absolute atomic E-state index is 0.00539. The fourth-order valence-corrected chi connectivity index (χ4v) is 9.26. The van der Waals surface area contributed by atoms with Crippen LogP contribution in [-0.4, -0.2) is 62.3 Å². The van der Waals surface area contributed by atoms with Gasteiger partial charge in [0.1, 0.15) is 17.8 Å². The van der Waals surface area contributed by atoms with Gasteiger partial charge in [-0.25, -0.2) is 0 Å². The molecule has 0 radical (unpaired) electrons. The molecule has 2 aromatic rings. The number of benzene rings is 2. The summed E-state index contributed by atoms with van der Waals surface area (Å²) in [6.45, 7) is 11.7. The molecule has 1 amide bonds. The van der Waals surface area contributed by atoms with E-state index in [1.165, 1.54) is 0 Å². The molecule has 3 aliphatic rings. The number of aromatic hydroxyl groups is 1. The number of ketones is 2. The Morgan fingerprint density at radius 1 is 1.09 bits per heavy atom. The number of hydrogen-bond acceptors (Lipinski definition) is 8. The maximum atomic E-state index is 14.5. The van der Waals surface area contributed by atoms with E-state index in [-0.39, 0.29) is 29.6 Å². The molecule has 2 aromatic carbocycles. The number of nitrogens with two attached hydrogens (primary N) is 1. The monoisotopic (exact) mass is 606 g/mol. The van der Waals surface area contributed by atoms with Gasteiger partial charge in [-0.05, 0) is 65.2 Å². The largest absolute Gasteiger partial charge is 0.505 e. The maximum absolute atomic E-state index is 14.5. The zero-order chi connectivity index (χ0) is 32.5. The second kappa shape index (κ2) is 11.0. The number of fused-ring (bicyclic) bond motifs is 3. The van der Waals surface area contributed by atoms with Crippen molar-refractivity contribution in [3.8, 4) is 5.75 Å². The number of amides is 1. The normalized spacial score (nSPS) is 34.8. The van der Waals surface area contributed by atoms with E-state index in [0.717, 1.165) is 11.1 Å². The maximum Gasteiger partial charge on any atom is 0.230 e. The molecule has 8 atom stereocenters. The number of carbonyl (C=O) groups is 3. The second-order valence-corrected chi connectivity index (χ2v) is 14.5. The van der Waals surface area contributed by atoms with E-state index in [0.29, 0.717) is 30.6 Å². The summed E-state index contributed by atoms with van der Waals surface area (Å²) in [7, 11) is 0. The van der Waals surface area contributed by atoms with Crippen LogP contribution in [0.4, 0.5) is 5.69 Å². The highest BCUT2D eigenvalue weighted by molar-refractivity contribution is 6.09. The molecular weight excluding hydrogens is 560 g/mol. The van der Waals surface area contributed by atoms with Gasteiger partial charge >= 0.3 is 0 Å². The minimum Gasteiger partial charge on any atom is -0.505 e. The molecule has 9 heteroatoms. The Morgan fingerprint density at radius 3 is 2.30 bits per heavy atom. The van der Waals surface area contributed by atoms with Crippen LogP contribution >= 0.6 is 0 Å². The highest BCUT2D eigenvalue weighted by atomic mass is 16.4. The zero-order valence-electron chi connectivity index (χ0n) is 26.4. The molecule has 2 unspecified atom stereocenters. The molecule has 0 aliphatic heterocycles. The molecule has 0 saturated heterocycles. The topological polar surface area (TPSA) is 170 Å². The third-order valence-electron chi connectivity index (χ3n) is 11.0. The van der Waals surface area contributed by atoms with Crippen LogP contribution in [0.3, 0.4) is 0 Å². The lowest BCUT2D eigenvalue weighted by Crippen LogP contribution is -2.79. The van der Waals surface area contributed by atoms with Gasteiger partial charge in [0.2, 0.25) is 5.91 Å². The standard InChI is InChI=1S/C35H46N2O7/c1-17(2)20-14-22(37-13-12-19-10-8-7-9-11-19)27(38)23-21(20)15-33(5)16-34(6)25(18(3)4)29(40)24(32(36)43)30(41)35(34,44)31(42)26(33)28(23)39/h7-11,14,17-18,24-26,29,31,37-38,40,42,44H,12-13,15-16H2,1-6H3,(H2,36,43)/t24-,25+,26-,29?,31?,33-,34-,35+/m1/s1.